The van der Waals surface area contributed by atoms with Gasteiger partial charge in [0.05, 0.1) is 10.4 Å². The van der Waals surface area contributed by atoms with Gasteiger partial charge < -0.3 is 16.4 Å². The van der Waals surface area contributed by atoms with Crippen LogP contribution in [0.25, 0.3) is 0 Å². The second-order valence-electron chi connectivity index (χ2n) is 4.69. The molecule has 1 aliphatic rings. The molecule has 4 N–H and O–H groups in total. The van der Waals surface area contributed by atoms with E-state index < -0.39 is 5.41 Å². The molecule has 6 heteroatoms. The zero-order valence-corrected chi connectivity index (χ0v) is 11.6. The average Bonchev–Trinajstić information content (AvgIpc) is 2.38. The highest BCUT2D eigenvalue weighted by molar-refractivity contribution is 7.80. The molecule has 0 saturated heterocycles. The molecule has 2 amide bonds. The standard InChI is InChI=1S/C12H21N3O2S/c1-14-9(16)5-8-15-11(17)12(10(13)18)6-3-2-4-7-12/h2-8H2,1H3,(H2,13,18)(H,14,16)(H,15,17). The van der Waals surface area contributed by atoms with Gasteiger partial charge in [-0.2, -0.15) is 0 Å². The lowest BCUT2D eigenvalue weighted by atomic mass is 9.73. The van der Waals surface area contributed by atoms with Crippen molar-refractivity contribution in [2.24, 2.45) is 11.1 Å². The number of hydrogen-bond acceptors (Lipinski definition) is 3. The summed E-state index contributed by atoms with van der Waals surface area (Å²) in [6.07, 6.45) is 4.77. The van der Waals surface area contributed by atoms with Crippen molar-refractivity contribution in [3.05, 3.63) is 0 Å². The summed E-state index contributed by atoms with van der Waals surface area (Å²) in [5, 5.41) is 5.28. The van der Waals surface area contributed by atoms with E-state index in [1.807, 2.05) is 0 Å². The molecule has 1 saturated carbocycles. The normalized spacial score (nSPS) is 17.8. The third-order valence-corrected chi connectivity index (χ3v) is 3.92. The van der Waals surface area contributed by atoms with Crippen molar-refractivity contribution in [1.29, 1.82) is 0 Å². The lowest BCUT2D eigenvalue weighted by Gasteiger charge is -2.34. The number of nitrogens with two attached hydrogens (primary N) is 1. The van der Waals surface area contributed by atoms with Crippen LogP contribution in [0.2, 0.25) is 0 Å². The average molecular weight is 271 g/mol. The van der Waals surface area contributed by atoms with E-state index in [4.69, 9.17) is 18.0 Å². The van der Waals surface area contributed by atoms with Crippen LogP contribution in [0.3, 0.4) is 0 Å². The van der Waals surface area contributed by atoms with Crippen LogP contribution < -0.4 is 16.4 Å². The first-order valence-corrected chi connectivity index (χ1v) is 6.72. The van der Waals surface area contributed by atoms with Crippen molar-refractivity contribution in [2.45, 2.75) is 38.5 Å². The highest BCUT2D eigenvalue weighted by atomic mass is 32.1. The van der Waals surface area contributed by atoms with Crippen LogP contribution in [0.1, 0.15) is 38.5 Å². The molecule has 0 radical (unpaired) electrons. The summed E-state index contributed by atoms with van der Waals surface area (Å²) in [5.41, 5.74) is 5.05. The quantitative estimate of drug-likeness (QED) is 0.635. The molecular weight excluding hydrogens is 250 g/mol. The lowest BCUT2D eigenvalue weighted by molar-refractivity contribution is -0.129. The fourth-order valence-corrected chi connectivity index (χ4v) is 2.62. The maximum atomic E-state index is 12.2. The number of carbonyl (C=O) groups is 2. The van der Waals surface area contributed by atoms with Crippen LogP contribution in [0.4, 0.5) is 0 Å². The van der Waals surface area contributed by atoms with Gasteiger partial charge in [-0.15, -0.1) is 0 Å². The van der Waals surface area contributed by atoms with E-state index in [0.29, 0.717) is 19.4 Å². The molecular formula is C12H21N3O2S. The molecule has 5 nitrogen and oxygen atoms in total. The van der Waals surface area contributed by atoms with Crippen LogP contribution in [-0.2, 0) is 9.59 Å². The Morgan fingerprint density at radius 2 is 1.89 bits per heavy atom. The second-order valence-corrected chi connectivity index (χ2v) is 5.13. The highest BCUT2D eigenvalue weighted by Crippen LogP contribution is 2.36. The predicted octanol–water partition coefficient (Wildman–Crippen LogP) is 0.475. The van der Waals surface area contributed by atoms with Gasteiger partial charge in [-0.05, 0) is 12.8 Å². The molecule has 1 aliphatic carbocycles. The van der Waals surface area contributed by atoms with Gasteiger partial charge in [0.2, 0.25) is 11.8 Å². The van der Waals surface area contributed by atoms with Gasteiger partial charge in [0.15, 0.2) is 0 Å². The van der Waals surface area contributed by atoms with E-state index in [9.17, 15) is 9.59 Å². The molecule has 0 spiro atoms. The molecule has 0 aliphatic heterocycles. The number of carbonyl (C=O) groups excluding carboxylic acids is 2. The molecule has 1 rings (SSSR count). The Kier molecular flexibility index (Phi) is 5.53. The van der Waals surface area contributed by atoms with E-state index in [2.05, 4.69) is 10.6 Å². The first-order valence-electron chi connectivity index (χ1n) is 6.32. The summed E-state index contributed by atoms with van der Waals surface area (Å²) in [5.74, 6) is -0.220. The summed E-state index contributed by atoms with van der Waals surface area (Å²) < 4.78 is 0. The second kappa shape index (κ2) is 6.68. The summed E-state index contributed by atoms with van der Waals surface area (Å²) in [4.78, 5) is 23.6. The minimum Gasteiger partial charge on any atom is -0.392 e. The molecule has 0 unspecified atom stereocenters. The molecule has 0 aromatic heterocycles. The van der Waals surface area contributed by atoms with E-state index in [1.54, 1.807) is 7.05 Å². The smallest absolute Gasteiger partial charge is 0.233 e. The van der Waals surface area contributed by atoms with Crippen LogP contribution >= 0.6 is 12.2 Å². The first kappa shape index (κ1) is 14.9. The lowest BCUT2D eigenvalue weighted by Crippen LogP contribution is -2.50. The molecule has 18 heavy (non-hydrogen) atoms. The first-order chi connectivity index (χ1) is 8.53. The van der Waals surface area contributed by atoms with Gasteiger partial charge in [-0.25, -0.2) is 0 Å². The van der Waals surface area contributed by atoms with Crippen molar-refractivity contribution in [3.8, 4) is 0 Å². The molecule has 0 bridgehead atoms. The highest BCUT2D eigenvalue weighted by Gasteiger charge is 2.42. The van der Waals surface area contributed by atoms with Crippen molar-refractivity contribution in [3.63, 3.8) is 0 Å². The number of nitrogens with one attached hydrogen (secondary N) is 2. The largest absolute Gasteiger partial charge is 0.392 e. The van der Waals surface area contributed by atoms with Gasteiger partial charge in [0.1, 0.15) is 0 Å². The van der Waals surface area contributed by atoms with E-state index in [1.165, 1.54) is 0 Å². The molecule has 0 aromatic carbocycles. The van der Waals surface area contributed by atoms with Crippen molar-refractivity contribution < 1.29 is 9.59 Å². The predicted molar refractivity (Wildman–Crippen MR) is 74.0 cm³/mol. The van der Waals surface area contributed by atoms with Crippen molar-refractivity contribution in [2.75, 3.05) is 13.6 Å². The molecule has 0 heterocycles. The van der Waals surface area contributed by atoms with Gasteiger partial charge in [0, 0.05) is 20.0 Å². The third-order valence-electron chi connectivity index (χ3n) is 3.53. The SMILES string of the molecule is CNC(=O)CCNC(=O)C1(C(N)=S)CCCCC1. The number of hydrogen-bond donors (Lipinski definition) is 3. The number of amides is 2. The summed E-state index contributed by atoms with van der Waals surface area (Å²) in [6.45, 7) is 0.322. The summed E-state index contributed by atoms with van der Waals surface area (Å²) in [6, 6.07) is 0. The van der Waals surface area contributed by atoms with E-state index in [-0.39, 0.29) is 23.2 Å². The van der Waals surface area contributed by atoms with Crippen LogP contribution in [0.15, 0.2) is 0 Å². The van der Waals surface area contributed by atoms with Crippen molar-refractivity contribution in [1.82, 2.24) is 10.6 Å². The molecule has 0 atom stereocenters. The van der Waals surface area contributed by atoms with Gasteiger partial charge in [-0.1, -0.05) is 31.5 Å². The Bertz CT molecular complexity index is 338. The monoisotopic (exact) mass is 271 g/mol. The summed E-state index contributed by atoms with van der Waals surface area (Å²) in [7, 11) is 1.57. The fourth-order valence-electron chi connectivity index (χ4n) is 2.32. The zero-order chi connectivity index (χ0) is 13.6. The Balaban J connectivity index is 2.55. The molecule has 0 aromatic rings. The van der Waals surface area contributed by atoms with Crippen LogP contribution in [0, 0.1) is 5.41 Å². The maximum absolute atomic E-state index is 12.2. The Morgan fingerprint density at radius 1 is 1.28 bits per heavy atom. The maximum Gasteiger partial charge on any atom is 0.233 e. The Hall–Kier alpha value is -1.17. The number of thiocarbonyl (C=S) groups is 1. The van der Waals surface area contributed by atoms with Crippen LogP contribution in [-0.4, -0.2) is 30.4 Å². The number of rotatable bonds is 5. The zero-order valence-electron chi connectivity index (χ0n) is 10.8. The Morgan fingerprint density at radius 3 is 2.39 bits per heavy atom. The Labute approximate surface area is 113 Å². The fraction of sp³-hybridized carbons (Fsp3) is 0.750. The minimum atomic E-state index is -0.698. The van der Waals surface area contributed by atoms with Crippen LogP contribution in [0.5, 0.6) is 0 Å². The van der Waals surface area contributed by atoms with E-state index in [0.717, 1.165) is 19.3 Å². The van der Waals surface area contributed by atoms with Gasteiger partial charge in [-0.3, -0.25) is 9.59 Å². The summed E-state index contributed by atoms with van der Waals surface area (Å²) >= 11 is 5.07. The molecule has 1 fully saturated rings. The third kappa shape index (κ3) is 3.41. The molecule has 102 valence electrons. The van der Waals surface area contributed by atoms with Gasteiger partial charge >= 0.3 is 0 Å². The minimum absolute atomic E-state index is 0.0941. The van der Waals surface area contributed by atoms with Crippen molar-refractivity contribution >= 4 is 29.0 Å². The van der Waals surface area contributed by atoms with E-state index >= 15 is 0 Å². The topological polar surface area (TPSA) is 84.2 Å². The van der Waals surface area contributed by atoms with Gasteiger partial charge in [0.25, 0.3) is 0 Å².